The first-order chi connectivity index (χ1) is 5.07. The van der Waals surface area contributed by atoms with Gasteiger partial charge in [0, 0.05) is 5.57 Å². The van der Waals surface area contributed by atoms with E-state index in [1.807, 2.05) is 19.9 Å². The summed E-state index contributed by atoms with van der Waals surface area (Å²) >= 11 is 0. The van der Waals surface area contributed by atoms with Crippen molar-refractivity contribution in [3.8, 4) is 0 Å². The number of rotatable bonds is 3. The molecule has 0 radical (unpaired) electrons. The van der Waals surface area contributed by atoms with Gasteiger partial charge in [-0.15, -0.1) is 0 Å². The van der Waals surface area contributed by atoms with Crippen LogP contribution in [0.4, 0.5) is 0 Å². The Morgan fingerprint density at radius 3 is 2.27 bits per heavy atom. The lowest BCUT2D eigenvalue weighted by Crippen LogP contribution is -1.98. The number of carbonyl (C=O) groups is 1. The summed E-state index contributed by atoms with van der Waals surface area (Å²) < 4.78 is 0. The fourth-order valence-corrected chi connectivity index (χ4v) is 0.643. The van der Waals surface area contributed by atoms with E-state index in [9.17, 15) is 4.79 Å². The van der Waals surface area contributed by atoms with Gasteiger partial charge in [0.25, 0.3) is 0 Å². The van der Waals surface area contributed by atoms with Crippen molar-refractivity contribution in [1.29, 1.82) is 0 Å². The smallest absolute Gasteiger partial charge is 0.331 e. The molecular formula is C9H14O2. The third-order valence-electron chi connectivity index (χ3n) is 1.35. The molecule has 11 heavy (non-hydrogen) atoms. The van der Waals surface area contributed by atoms with Crippen LogP contribution in [-0.4, -0.2) is 11.1 Å². The summed E-state index contributed by atoms with van der Waals surface area (Å²) in [7, 11) is 0. The van der Waals surface area contributed by atoms with Gasteiger partial charge >= 0.3 is 5.97 Å². The van der Waals surface area contributed by atoms with Crippen molar-refractivity contribution in [2.75, 3.05) is 0 Å². The molecule has 0 amide bonds. The van der Waals surface area contributed by atoms with Crippen LogP contribution in [0.1, 0.15) is 27.2 Å². The molecule has 0 unspecified atom stereocenters. The summed E-state index contributed by atoms with van der Waals surface area (Å²) in [6, 6.07) is 0. The van der Waals surface area contributed by atoms with Crippen molar-refractivity contribution >= 4 is 5.97 Å². The predicted octanol–water partition coefficient (Wildman–Crippen LogP) is 2.37. The molecule has 0 aliphatic heterocycles. The van der Waals surface area contributed by atoms with Gasteiger partial charge in [-0.1, -0.05) is 17.7 Å². The van der Waals surface area contributed by atoms with Gasteiger partial charge in [-0.3, -0.25) is 0 Å². The number of allylic oxidation sites excluding steroid dienone is 3. The average molecular weight is 154 g/mol. The Labute approximate surface area is 67.2 Å². The molecule has 0 rings (SSSR count). The third-order valence-corrected chi connectivity index (χ3v) is 1.35. The highest BCUT2D eigenvalue weighted by atomic mass is 16.4. The second-order valence-electron chi connectivity index (χ2n) is 2.60. The maximum atomic E-state index is 10.4. The van der Waals surface area contributed by atoms with E-state index < -0.39 is 5.97 Å². The maximum absolute atomic E-state index is 10.4. The number of carboxylic acid groups (broad SMARTS) is 1. The highest BCUT2D eigenvalue weighted by Crippen LogP contribution is 2.04. The van der Waals surface area contributed by atoms with Gasteiger partial charge in [0.15, 0.2) is 0 Å². The topological polar surface area (TPSA) is 37.3 Å². The molecule has 0 aromatic rings. The molecule has 0 saturated heterocycles. The van der Waals surface area contributed by atoms with Crippen LogP contribution in [0.3, 0.4) is 0 Å². The molecule has 0 atom stereocenters. The molecule has 1 N–H and O–H groups in total. The number of aliphatic carboxylic acids is 1. The lowest BCUT2D eigenvalue weighted by Gasteiger charge is -1.95. The first-order valence-electron chi connectivity index (χ1n) is 3.59. The van der Waals surface area contributed by atoms with Crippen molar-refractivity contribution in [2.45, 2.75) is 27.2 Å². The van der Waals surface area contributed by atoms with Gasteiger partial charge in [-0.05, 0) is 27.2 Å². The third kappa shape index (κ3) is 4.37. The van der Waals surface area contributed by atoms with Crippen LogP contribution in [-0.2, 0) is 4.79 Å². The molecule has 0 aliphatic carbocycles. The number of hydrogen-bond donors (Lipinski definition) is 1. The van der Waals surface area contributed by atoms with Crippen LogP contribution < -0.4 is 0 Å². The fraction of sp³-hybridized carbons (Fsp3) is 0.444. The van der Waals surface area contributed by atoms with E-state index in [-0.39, 0.29) is 0 Å². The van der Waals surface area contributed by atoms with Gasteiger partial charge in [0.1, 0.15) is 0 Å². The summed E-state index contributed by atoms with van der Waals surface area (Å²) in [4.78, 5) is 10.4. The van der Waals surface area contributed by atoms with Crippen molar-refractivity contribution < 1.29 is 9.90 Å². The monoisotopic (exact) mass is 154 g/mol. The molecule has 62 valence electrons. The number of hydrogen-bond acceptors (Lipinski definition) is 1. The molecule has 0 aromatic heterocycles. The van der Waals surface area contributed by atoms with Crippen LogP contribution in [0.5, 0.6) is 0 Å². The van der Waals surface area contributed by atoms with E-state index in [4.69, 9.17) is 5.11 Å². The van der Waals surface area contributed by atoms with Crippen LogP contribution >= 0.6 is 0 Å². The molecule has 0 bridgehead atoms. The van der Waals surface area contributed by atoms with E-state index in [0.717, 1.165) is 5.57 Å². The molecule has 0 aliphatic rings. The molecule has 0 fully saturated rings. The van der Waals surface area contributed by atoms with Crippen LogP contribution in [0.25, 0.3) is 0 Å². The van der Waals surface area contributed by atoms with E-state index in [2.05, 4.69) is 0 Å². The summed E-state index contributed by atoms with van der Waals surface area (Å²) in [6.07, 6.45) is 4.05. The Morgan fingerprint density at radius 1 is 1.45 bits per heavy atom. The molecule has 2 heteroatoms. The van der Waals surface area contributed by atoms with Gasteiger partial charge in [-0.2, -0.15) is 0 Å². The van der Waals surface area contributed by atoms with Gasteiger partial charge in [-0.25, -0.2) is 4.79 Å². The Balaban J connectivity index is 4.13. The Morgan fingerprint density at radius 2 is 2.00 bits per heavy atom. The zero-order chi connectivity index (χ0) is 8.85. The molecule has 2 nitrogen and oxygen atoms in total. The molecule has 0 aromatic carbocycles. The largest absolute Gasteiger partial charge is 0.478 e. The zero-order valence-corrected chi connectivity index (χ0v) is 7.22. The summed E-state index contributed by atoms with van der Waals surface area (Å²) in [5, 5.41) is 8.59. The minimum absolute atomic E-state index is 0.450. The highest BCUT2D eigenvalue weighted by Gasteiger charge is 2.01. The predicted molar refractivity (Wildman–Crippen MR) is 45.4 cm³/mol. The van der Waals surface area contributed by atoms with Crippen LogP contribution in [0.15, 0.2) is 23.3 Å². The lowest BCUT2D eigenvalue weighted by atomic mass is 10.1. The molecule has 0 saturated carbocycles. The molecule has 0 spiro atoms. The lowest BCUT2D eigenvalue weighted by molar-refractivity contribution is -0.132. The van der Waals surface area contributed by atoms with E-state index in [1.54, 1.807) is 13.0 Å². The Hall–Kier alpha value is -1.05. The average Bonchev–Trinajstić information content (AvgIpc) is 1.87. The SMILES string of the molecule is C/C=C(\CC=C(C)C)C(=O)O. The minimum atomic E-state index is -0.829. The quantitative estimate of drug-likeness (QED) is 0.500. The fourth-order valence-electron chi connectivity index (χ4n) is 0.643. The minimum Gasteiger partial charge on any atom is -0.478 e. The van der Waals surface area contributed by atoms with E-state index in [0.29, 0.717) is 12.0 Å². The normalized spacial score (nSPS) is 11.0. The Kier molecular flexibility index (Phi) is 4.27. The summed E-state index contributed by atoms with van der Waals surface area (Å²) in [5.74, 6) is -0.829. The second kappa shape index (κ2) is 4.72. The van der Waals surface area contributed by atoms with Crippen LogP contribution in [0, 0.1) is 0 Å². The highest BCUT2D eigenvalue weighted by molar-refractivity contribution is 5.86. The maximum Gasteiger partial charge on any atom is 0.331 e. The van der Waals surface area contributed by atoms with Gasteiger partial charge < -0.3 is 5.11 Å². The van der Waals surface area contributed by atoms with E-state index in [1.165, 1.54) is 0 Å². The summed E-state index contributed by atoms with van der Waals surface area (Å²) in [6.45, 7) is 5.65. The van der Waals surface area contributed by atoms with Crippen molar-refractivity contribution in [3.05, 3.63) is 23.3 Å². The number of carboxylic acids is 1. The second-order valence-corrected chi connectivity index (χ2v) is 2.60. The Bertz CT molecular complexity index is 196. The molecular weight excluding hydrogens is 140 g/mol. The van der Waals surface area contributed by atoms with Gasteiger partial charge in [0.2, 0.25) is 0 Å². The van der Waals surface area contributed by atoms with E-state index >= 15 is 0 Å². The van der Waals surface area contributed by atoms with Gasteiger partial charge in [0.05, 0.1) is 0 Å². The van der Waals surface area contributed by atoms with Crippen molar-refractivity contribution in [2.24, 2.45) is 0 Å². The summed E-state index contributed by atoms with van der Waals surface area (Å²) in [5.41, 5.74) is 1.59. The van der Waals surface area contributed by atoms with Crippen molar-refractivity contribution in [1.82, 2.24) is 0 Å². The zero-order valence-electron chi connectivity index (χ0n) is 7.22. The van der Waals surface area contributed by atoms with Crippen molar-refractivity contribution in [3.63, 3.8) is 0 Å². The van der Waals surface area contributed by atoms with Crippen LogP contribution in [0.2, 0.25) is 0 Å². The molecule has 0 heterocycles. The standard InChI is InChI=1S/C9H14O2/c1-4-8(9(10)11)6-5-7(2)3/h4-5H,6H2,1-3H3,(H,10,11)/b8-4+. The first kappa shape index (κ1) is 9.95. The first-order valence-corrected chi connectivity index (χ1v) is 3.59.